The van der Waals surface area contributed by atoms with Crippen LogP contribution in [0.4, 0.5) is 0 Å². The standard InChI is InChI=1S/C16H14N2/c1-12-5-4-6-13(11-12)9-10-16-14-7-2-3-8-15(14)17-18-16/h2-11H,1H3,(H,17,18). The van der Waals surface area contributed by atoms with Crippen LogP contribution in [0.25, 0.3) is 23.1 Å². The maximum absolute atomic E-state index is 4.32. The van der Waals surface area contributed by atoms with E-state index in [1.54, 1.807) is 0 Å². The molecule has 0 radical (unpaired) electrons. The van der Waals surface area contributed by atoms with Crippen LogP contribution in [0.1, 0.15) is 16.8 Å². The van der Waals surface area contributed by atoms with Gasteiger partial charge in [-0.15, -0.1) is 0 Å². The van der Waals surface area contributed by atoms with Crippen LogP contribution in [0.5, 0.6) is 0 Å². The van der Waals surface area contributed by atoms with Crippen LogP contribution in [-0.4, -0.2) is 10.2 Å². The van der Waals surface area contributed by atoms with Crippen molar-refractivity contribution in [1.29, 1.82) is 0 Å². The van der Waals surface area contributed by atoms with Crippen molar-refractivity contribution in [3.8, 4) is 0 Å². The highest BCUT2D eigenvalue weighted by molar-refractivity contribution is 5.89. The SMILES string of the molecule is Cc1cccc(C=Cc2n[nH]c3ccccc23)c1. The molecule has 1 N–H and O–H groups in total. The van der Waals surface area contributed by atoms with Crippen LogP contribution in [0.2, 0.25) is 0 Å². The number of hydrogen-bond donors (Lipinski definition) is 1. The van der Waals surface area contributed by atoms with Gasteiger partial charge in [-0.25, -0.2) is 0 Å². The molecule has 3 rings (SSSR count). The zero-order chi connectivity index (χ0) is 12.4. The first-order chi connectivity index (χ1) is 8.83. The van der Waals surface area contributed by atoms with Crippen LogP contribution in [0.3, 0.4) is 0 Å². The fourth-order valence-corrected chi connectivity index (χ4v) is 2.06. The number of benzene rings is 2. The molecule has 0 saturated heterocycles. The lowest BCUT2D eigenvalue weighted by Crippen LogP contribution is -1.76. The van der Waals surface area contributed by atoms with Gasteiger partial charge in [-0.05, 0) is 24.6 Å². The molecule has 1 heterocycles. The maximum Gasteiger partial charge on any atom is 0.0927 e. The molecule has 18 heavy (non-hydrogen) atoms. The van der Waals surface area contributed by atoms with Crippen LogP contribution >= 0.6 is 0 Å². The Labute approximate surface area is 106 Å². The van der Waals surface area contributed by atoms with Crippen LogP contribution < -0.4 is 0 Å². The lowest BCUT2D eigenvalue weighted by Gasteiger charge is -1.95. The van der Waals surface area contributed by atoms with Crippen molar-refractivity contribution in [2.75, 3.05) is 0 Å². The molecule has 0 aliphatic heterocycles. The second-order valence-corrected chi connectivity index (χ2v) is 4.40. The monoisotopic (exact) mass is 234 g/mol. The molecule has 3 aromatic rings. The molecule has 0 saturated carbocycles. The maximum atomic E-state index is 4.32. The summed E-state index contributed by atoms with van der Waals surface area (Å²) in [5.41, 5.74) is 4.51. The number of para-hydroxylation sites is 1. The van der Waals surface area contributed by atoms with E-state index in [4.69, 9.17) is 0 Å². The number of nitrogens with zero attached hydrogens (tertiary/aromatic N) is 1. The average molecular weight is 234 g/mol. The molecule has 2 nitrogen and oxygen atoms in total. The molecular formula is C16H14N2. The number of rotatable bonds is 2. The molecule has 2 aromatic carbocycles. The Morgan fingerprint density at radius 1 is 1.00 bits per heavy atom. The number of nitrogens with one attached hydrogen (secondary N) is 1. The van der Waals surface area contributed by atoms with Crippen molar-refractivity contribution < 1.29 is 0 Å². The van der Waals surface area contributed by atoms with E-state index in [0.29, 0.717) is 0 Å². The minimum atomic E-state index is 0.979. The summed E-state index contributed by atoms with van der Waals surface area (Å²) in [5, 5.41) is 8.51. The van der Waals surface area contributed by atoms with Crippen LogP contribution in [-0.2, 0) is 0 Å². The van der Waals surface area contributed by atoms with Gasteiger partial charge in [0, 0.05) is 5.39 Å². The average Bonchev–Trinajstić information content (AvgIpc) is 2.80. The third-order valence-corrected chi connectivity index (χ3v) is 2.98. The Hall–Kier alpha value is -2.35. The van der Waals surface area contributed by atoms with Crippen molar-refractivity contribution in [2.24, 2.45) is 0 Å². The van der Waals surface area contributed by atoms with E-state index in [2.05, 4.69) is 53.5 Å². The molecular weight excluding hydrogens is 220 g/mol. The van der Waals surface area contributed by atoms with Gasteiger partial charge in [0.2, 0.25) is 0 Å². The summed E-state index contributed by atoms with van der Waals surface area (Å²) in [6, 6.07) is 16.6. The lowest BCUT2D eigenvalue weighted by molar-refractivity contribution is 1.11. The van der Waals surface area contributed by atoms with E-state index in [-0.39, 0.29) is 0 Å². The van der Waals surface area contributed by atoms with Gasteiger partial charge in [-0.3, -0.25) is 5.10 Å². The normalized spacial score (nSPS) is 11.4. The fraction of sp³-hybridized carbons (Fsp3) is 0.0625. The number of aromatic amines is 1. The number of aromatic nitrogens is 2. The lowest BCUT2D eigenvalue weighted by atomic mass is 10.1. The number of H-pyrrole nitrogens is 1. The predicted molar refractivity (Wildman–Crippen MR) is 76.2 cm³/mol. The first-order valence-electron chi connectivity index (χ1n) is 6.01. The summed E-state index contributed by atoms with van der Waals surface area (Å²) >= 11 is 0. The van der Waals surface area contributed by atoms with Crippen molar-refractivity contribution in [3.63, 3.8) is 0 Å². The summed E-state index contributed by atoms with van der Waals surface area (Å²) in [5.74, 6) is 0. The Balaban J connectivity index is 1.97. The van der Waals surface area contributed by atoms with E-state index < -0.39 is 0 Å². The fourth-order valence-electron chi connectivity index (χ4n) is 2.06. The Bertz CT molecular complexity index is 708. The molecule has 1 aromatic heterocycles. The van der Waals surface area contributed by atoms with Crippen molar-refractivity contribution in [3.05, 3.63) is 65.4 Å². The van der Waals surface area contributed by atoms with Crippen LogP contribution in [0, 0.1) is 6.92 Å². The highest BCUT2D eigenvalue weighted by atomic mass is 15.1. The van der Waals surface area contributed by atoms with Gasteiger partial charge in [0.15, 0.2) is 0 Å². The number of hydrogen-bond acceptors (Lipinski definition) is 1. The number of fused-ring (bicyclic) bond motifs is 1. The van der Waals surface area contributed by atoms with Gasteiger partial charge in [0.1, 0.15) is 0 Å². The Morgan fingerprint density at radius 3 is 2.78 bits per heavy atom. The first kappa shape index (κ1) is 10.8. The van der Waals surface area contributed by atoms with E-state index in [1.807, 2.05) is 24.3 Å². The smallest absolute Gasteiger partial charge is 0.0927 e. The van der Waals surface area contributed by atoms with E-state index in [0.717, 1.165) is 16.6 Å². The topological polar surface area (TPSA) is 28.7 Å². The highest BCUT2D eigenvalue weighted by Gasteiger charge is 2.00. The third-order valence-electron chi connectivity index (χ3n) is 2.98. The molecule has 2 heteroatoms. The third kappa shape index (κ3) is 2.05. The van der Waals surface area contributed by atoms with E-state index in [9.17, 15) is 0 Å². The Kier molecular flexibility index (Phi) is 2.69. The molecule has 0 bridgehead atoms. The first-order valence-corrected chi connectivity index (χ1v) is 6.01. The zero-order valence-electron chi connectivity index (χ0n) is 10.2. The highest BCUT2D eigenvalue weighted by Crippen LogP contribution is 2.17. The largest absolute Gasteiger partial charge is 0.277 e. The van der Waals surface area contributed by atoms with Gasteiger partial charge in [-0.1, -0.05) is 54.1 Å². The molecule has 88 valence electrons. The van der Waals surface area contributed by atoms with Gasteiger partial charge in [0.05, 0.1) is 11.2 Å². The molecule has 0 aliphatic carbocycles. The summed E-state index contributed by atoms with van der Waals surface area (Å²) in [6.07, 6.45) is 4.14. The molecule has 0 atom stereocenters. The second-order valence-electron chi connectivity index (χ2n) is 4.40. The minimum absolute atomic E-state index is 0.979. The number of aryl methyl sites for hydroxylation is 1. The second kappa shape index (κ2) is 4.49. The van der Waals surface area contributed by atoms with E-state index in [1.165, 1.54) is 11.1 Å². The summed E-state index contributed by atoms with van der Waals surface area (Å²) in [6.45, 7) is 2.10. The molecule has 0 fully saturated rings. The van der Waals surface area contributed by atoms with Gasteiger partial charge < -0.3 is 0 Å². The summed E-state index contributed by atoms with van der Waals surface area (Å²) in [7, 11) is 0. The quantitative estimate of drug-likeness (QED) is 0.712. The zero-order valence-corrected chi connectivity index (χ0v) is 10.2. The van der Waals surface area contributed by atoms with Crippen molar-refractivity contribution >= 4 is 23.1 Å². The molecule has 0 amide bonds. The van der Waals surface area contributed by atoms with Crippen molar-refractivity contribution in [1.82, 2.24) is 10.2 Å². The molecule has 0 aliphatic rings. The van der Waals surface area contributed by atoms with Gasteiger partial charge >= 0.3 is 0 Å². The summed E-state index contributed by atoms with van der Waals surface area (Å²) < 4.78 is 0. The van der Waals surface area contributed by atoms with Crippen molar-refractivity contribution in [2.45, 2.75) is 6.92 Å². The van der Waals surface area contributed by atoms with Gasteiger partial charge in [-0.2, -0.15) is 5.10 Å². The van der Waals surface area contributed by atoms with E-state index >= 15 is 0 Å². The minimum Gasteiger partial charge on any atom is -0.277 e. The molecule has 0 spiro atoms. The predicted octanol–water partition coefficient (Wildman–Crippen LogP) is 4.04. The summed E-state index contributed by atoms with van der Waals surface area (Å²) in [4.78, 5) is 0. The Morgan fingerprint density at radius 2 is 1.89 bits per heavy atom. The van der Waals surface area contributed by atoms with Gasteiger partial charge in [0.25, 0.3) is 0 Å². The van der Waals surface area contributed by atoms with Crippen LogP contribution in [0.15, 0.2) is 48.5 Å². The molecule has 0 unspecified atom stereocenters.